The molecule has 0 bridgehead atoms. The van der Waals surface area contributed by atoms with Crippen LogP contribution >= 0.6 is 0 Å². The molecule has 0 radical (unpaired) electrons. The number of carbonyl (C=O) groups excluding carboxylic acids is 2. The second kappa shape index (κ2) is 5.01. The number of carbonyl (C=O) groups is 2. The number of ether oxygens (including phenoxy) is 2. The molecule has 1 fully saturated rings. The molecule has 2 rings (SSSR count). The summed E-state index contributed by atoms with van der Waals surface area (Å²) in [5, 5.41) is 0. The largest absolute Gasteiger partial charge is 0.465 e. The Kier molecular flexibility index (Phi) is 3.42. The van der Waals surface area contributed by atoms with Gasteiger partial charge in [-0.25, -0.2) is 9.78 Å². The van der Waals surface area contributed by atoms with Gasteiger partial charge < -0.3 is 20.1 Å². The van der Waals surface area contributed by atoms with Gasteiger partial charge in [-0.1, -0.05) is 0 Å². The standard InChI is InChI=1S/C11H13N3O4/c1-17-11(16)7-4-9(12)13-5-8(7)14-2-3-18-6-10(14)15/h4-5H,2-3,6H2,1H3,(H2,12,13). The van der Waals surface area contributed by atoms with Crippen molar-refractivity contribution >= 4 is 23.4 Å². The molecule has 2 heterocycles. The van der Waals surface area contributed by atoms with Gasteiger partial charge in [0.15, 0.2) is 0 Å². The lowest BCUT2D eigenvalue weighted by Crippen LogP contribution is -2.42. The SMILES string of the molecule is COC(=O)c1cc(N)ncc1N1CCOCC1=O. The number of hydrogen-bond acceptors (Lipinski definition) is 6. The van der Waals surface area contributed by atoms with Gasteiger partial charge >= 0.3 is 5.97 Å². The van der Waals surface area contributed by atoms with Gasteiger partial charge in [-0.2, -0.15) is 0 Å². The van der Waals surface area contributed by atoms with E-state index in [1.165, 1.54) is 24.3 Å². The third kappa shape index (κ3) is 2.25. The molecule has 2 N–H and O–H groups in total. The lowest BCUT2D eigenvalue weighted by molar-refractivity contribution is -0.125. The van der Waals surface area contributed by atoms with Gasteiger partial charge in [0.05, 0.1) is 31.2 Å². The number of nitrogens with zero attached hydrogens (tertiary/aromatic N) is 2. The molecule has 1 aliphatic heterocycles. The molecule has 18 heavy (non-hydrogen) atoms. The summed E-state index contributed by atoms with van der Waals surface area (Å²) in [4.78, 5) is 28.7. The van der Waals surface area contributed by atoms with Crippen LogP contribution in [-0.2, 0) is 14.3 Å². The number of aromatic nitrogens is 1. The van der Waals surface area contributed by atoms with Crippen molar-refractivity contribution in [1.29, 1.82) is 0 Å². The van der Waals surface area contributed by atoms with E-state index < -0.39 is 5.97 Å². The van der Waals surface area contributed by atoms with Gasteiger partial charge in [0.1, 0.15) is 12.4 Å². The summed E-state index contributed by atoms with van der Waals surface area (Å²) in [7, 11) is 1.27. The summed E-state index contributed by atoms with van der Waals surface area (Å²) in [6.45, 7) is 0.774. The van der Waals surface area contributed by atoms with Crippen LogP contribution in [0.25, 0.3) is 0 Å². The number of anilines is 2. The van der Waals surface area contributed by atoms with Crippen LogP contribution in [0.15, 0.2) is 12.3 Å². The number of morpholine rings is 1. The molecule has 1 saturated heterocycles. The van der Waals surface area contributed by atoms with Crippen LogP contribution in [-0.4, -0.2) is 43.7 Å². The third-order valence-electron chi connectivity index (χ3n) is 2.59. The molecule has 1 aromatic heterocycles. The van der Waals surface area contributed by atoms with Crippen LogP contribution in [0, 0.1) is 0 Å². The first-order chi connectivity index (χ1) is 8.63. The Balaban J connectivity index is 2.42. The maximum atomic E-state index is 11.7. The van der Waals surface area contributed by atoms with Crippen molar-refractivity contribution in [3.05, 3.63) is 17.8 Å². The van der Waals surface area contributed by atoms with Crippen LogP contribution in [0.3, 0.4) is 0 Å². The summed E-state index contributed by atoms with van der Waals surface area (Å²) < 4.78 is 9.70. The zero-order valence-corrected chi connectivity index (χ0v) is 9.88. The summed E-state index contributed by atoms with van der Waals surface area (Å²) in [5.74, 6) is -0.587. The lowest BCUT2D eigenvalue weighted by atomic mass is 10.2. The summed E-state index contributed by atoms with van der Waals surface area (Å²) in [6.07, 6.45) is 1.39. The minimum atomic E-state index is -0.557. The van der Waals surface area contributed by atoms with Crippen molar-refractivity contribution in [2.45, 2.75) is 0 Å². The number of rotatable bonds is 2. The fourth-order valence-electron chi connectivity index (χ4n) is 1.73. The van der Waals surface area contributed by atoms with Gasteiger partial charge in [-0.3, -0.25) is 4.79 Å². The Bertz CT molecular complexity index is 489. The highest BCUT2D eigenvalue weighted by molar-refractivity contribution is 6.03. The minimum absolute atomic E-state index is 0.00894. The number of esters is 1. The second-order valence-electron chi connectivity index (χ2n) is 3.72. The Morgan fingerprint density at radius 3 is 3.06 bits per heavy atom. The average molecular weight is 251 g/mol. The van der Waals surface area contributed by atoms with Crippen LogP contribution in [0.1, 0.15) is 10.4 Å². The Morgan fingerprint density at radius 1 is 1.61 bits per heavy atom. The van der Waals surface area contributed by atoms with Crippen molar-refractivity contribution in [3.63, 3.8) is 0 Å². The van der Waals surface area contributed by atoms with E-state index in [0.717, 1.165) is 0 Å². The van der Waals surface area contributed by atoms with Crippen molar-refractivity contribution in [2.75, 3.05) is 37.5 Å². The molecular weight excluding hydrogens is 238 g/mol. The molecular formula is C11H13N3O4. The number of amides is 1. The number of methoxy groups -OCH3 is 1. The second-order valence-corrected chi connectivity index (χ2v) is 3.72. The molecule has 1 aromatic rings. The molecule has 96 valence electrons. The lowest BCUT2D eigenvalue weighted by Gasteiger charge is -2.27. The van der Waals surface area contributed by atoms with E-state index in [1.54, 1.807) is 0 Å². The Labute approximate surface area is 103 Å². The van der Waals surface area contributed by atoms with E-state index in [4.69, 9.17) is 10.5 Å². The summed E-state index contributed by atoms with van der Waals surface area (Å²) in [6, 6.07) is 1.39. The van der Waals surface area contributed by atoms with Crippen molar-refractivity contribution in [3.8, 4) is 0 Å². The first-order valence-corrected chi connectivity index (χ1v) is 5.35. The number of pyridine rings is 1. The molecule has 7 nitrogen and oxygen atoms in total. The maximum absolute atomic E-state index is 11.7. The van der Waals surface area contributed by atoms with E-state index in [9.17, 15) is 9.59 Å². The highest BCUT2D eigenvalue weighted by Gasteiger charge is 2.25. The van der Waals surface area contributed by atoms with Crippen LogP contribution < -0.4 is 10.6 Å². The minimum Gasteiger partial charge on any atom is -0.465 e. The smallest absolute Gasteiger partial charge is 0.340 e. The van der Waals surface area contributed by atoms with E-state index in [2.05, 4.69) is 9.72 Å². The number of nitrogens with two attached hydrogens (primary N) is 1. The van der Waals surface area contributed by atoms with Gasteiger partial charge in [-0.05, 0) is 6.07 Å². The quantitative estimate of drug-likeness (QED) is 0.732. The molecule has 0 aromatic carbocycles. The molecule has 0 unspecified atom stereocenters. The normalized spacial score (nSPS) is 15.6. The molecule has 1 aliphatic rings. The Hall–Kier alpha value is -2.15. The third-order valence-corrected chi connectivity index (χ3v) is 2.59. The predicted octanol–water partition coefficient (Wildman–Crippen LogP) is -0.186. The topological polar surface area (TPSA) is 94.8 Å². The van der Waals surface area contributed by atoms with Gasteiger partial charge in [0.25, 0.3) is 5.91 Å². The van der Waals surface area contributed by atoms with E-state index in [0.29, 0.717) is 18.8 Å². The fourth-order valence-corrected chi connectivity index (χ4v) is 1.73. The molecule has 0 saturated carbocycles. The van der Waals surface area contributed by atoms with E-state index in [-0.39, 0.29) is 23.9 Å². The monoisotopic (exact) mass is 251 g/mol. The molecule has 7 heteroatoms. The van der Waals surface area contributed by atoms with Crippen LogP contribution in [0.2, 0.25) is 0 Å². The van der Waals surface area contributed by atoms with Crippen LogP contribution in [0.4, 0.5) is 11.5 Å². The highest BCUT2D eigenvalue weighted by atomic mass is 16.5. The predicted molar refractivity (Wildman–Crippen MR) is 63.2 cm³/mol. The van der Waals surface area contributed by atoms with E-state index >= 15 is 0 Å². The Morgan fingerprint density at radius 2 is 2.39 bits per heavy atom. The first-order valence-electron chi connectivity index (χ1n) is 5.35. The molecule has 0 spiro atoms. The zero-order chi connectivity index (χ0) is 13.1. The van der Waals surface area contributed by atoms with Crippen LogP contribution in [0.5, 0.6) is 0 Å². The maximum Gasteiger partial charge on any atom is 0.340 e. The first kappa shape index (κ1) is 12.3. The fraction of sp³-hybridized carbons (Fsp3) is 0.364. The average Bonchev–Trinajstić information content (AvgIpc) is 2.39. The summed E-state index contributed by atoms with van der Waals surface area (Å²) in [5.41, 5.74) is 6.15. The molecule has 0 atom stereocenters. The zero-order valence-electron chi connectivity index (χ0n) is 9.88. The number of hydrogen-bond donors (Lipinski definition) is 1. The van der Waals surface area contributed by atoms with Gasteiger partial charge in [0, 0.05) is 6.54 Å². The molecule has 1 amide bonds. The van der Waals surface area contributed by atoms with Gasteiger partial charge in [0.2, 0.25) is 0 Å². The molecule has 0 aliphatic carbocycles. The van der Waals surface area contributed by atoms with Gasteiger partial charge in [-0.15, -0.1) is 0 Å². The van der Waals surface area contributed by atoms with Crippen molar-refractivity contribution in [1.82, 2.24) is 4.98 Å². The van der Waals surface area contributed by atoms with Crippen molar-refractivity contribution in [2.24, 2.45) is 0 Å². The van der Waals surface area contributed by atoms with Crippen molar-refractivity contribution < 1.29 is 19.1 Å². The van der Waals surface area contributed by atoms with E-state index in [1.807, 2.05) is 0 Å². The highest BCUT2D eigenvalue weighted by Crippen LogP contribution is 2.23. The summed E-state index contributed by atoms with van der Waals surface area (Å²) >= 11 is 0. The number of nitrogen functional groups attached to an aromatic ring is 1.